The van der Waals surface area contributed by atoms with Gasteiger partial charge in [-0.1, -0.05) is 60.3 Å². The van der Waals surface area contributed by atoms with Gasteiger partial charge >= 0.3 is 0 Å². The molecule has 3 rings (SSSR count). The van der Waals surface area contributed by atoms with Gasteiger partial charge < -0.3 is 9.47 Å². The topological polar surface area (TPSA) is 74.8 Å². The van der Waals surface area contributed by atoms with Crippen LogP contribution < -0.4 is 4.90 Å². The van der Waals surface area contributed by atoms with Gasteiger partial charge in [0.1, 0.15) is 0 Å². The van der Waals surface area contributed by atoms with Crippen LogP contribution in [-0.4, -0.2) is 32.5 Å². The molecule has 0 spiro atoms. The number of rotatable bonds is 8. The van der Waals surface area contributed by atoms with E-state index in [9.17, 15) is 4.79 Å². The minimum atomic E-state index is -0.368. The number of hydrogen-bond acceptors (Lipinski definition) is 5. The van der Waals surface area contributed by atoms with Gasteiger partial charge in [0.05, 0.1) is 17.7 Å². The molecule has 7 heteroatoms. The van der Waals surface area contributed by atoms with Crippen LogP contribution in [0.1, 0.15) is 20.3 Å². The number of carbonyl (C=O) groups excluding carboxylic acids is 1. The molecule has 0 fully saturated rings. The van der Waals surface area contributed by atoms with Crippen molar-refractivity contribution in [3.05, 3.63) is 60.7 Å². The summed E-state index contributed by atoms with van der Waals surface area (Å²) >= 11 is 1.39. The van der Waals surface area contributed by atoms with Crippen LogP contribution in [0.25, 0.3) is 11.4 Å². The molecule has 1 unspecified atom stereocenters. The van der Waals surface area contributed by atoms with Crippen molar-refractivity contribution in [2.45, 2.75) is 37.2 Å². The van der Waals surface area contributed by atoms with Gasteiger partial charge in [0.25, 0.3) is 0 Å². The highest BCUT2D eigenvalue weighted by Crippen LogP contribution is 2.28. The molecule has 1 heterocycles. The maximum Gasteiger partial charge on any atom is 0.240 e. The zero-order chi connectivity index (χ0) is 20.6. The number of carbonyl (C=O) groups is 1. The van der Waals surface area contributed by atoms with Gasteiger partial charge in [-0.2, -0.15) is 5.26 Å². The highest BCUT2D eigenvalue weighted by molar-refractivity contribution is 8.00. The average Bonchev–Trinajstić information content (AvgIpc) is 3.17. The van der Waals surface area contributed by atoms with Crippen molar-refractivity contribution >= 4 is 23.4 Å². The van der Waals surface area contributed by atoms with Gasteiger partial charge in [0.15, 0.2) is 11.0 Å². The van der Waals surface area contributed by atoms with E-state index in [0.29, 0.717) is 18.2 Å². The molecule has 6 nitrogen and oxygen atoms in total. The summed E-state index contributed by atoms with van der Waals surface area (Å²) in [6, 6.07) is 21.5. The molecular formula is C22H23N5OS. The third-order valence-corrected chi connectivity index (χ3v) is 5.54. The molecule has 1 amide bonds. The van der Waals surface area contributed by atoms with Crippen LogP contribution in [0.4, 0.5) is 5.69 Å². The highest BCUT2D eigenvalue weighted by Gasteiger charge is 2.25. The van der Waals surface area contributed by atoms with E-state index in [1.807, 2.05) is 79.1 Å². The molecule has 0 saturated heterocycles. The molecule has 3 aromatic rings. The predicted octanol–water partition coefficient (Wildman–Crippen LogP) is 4.39. The molecule has 0 saturated carbocycles. The highest BCUT2D eigenvalue weighted by atomic mass is 32.2. The van der Waals surface area contributed by atoms with Crippen LogP contribution in [-0.2, 0) is 11.3 Å². The van der Waals surface area contributed by atoms with Crippen molar-refractivity contribution in [1.82, 2.24) is 14.8 Å². The van der Waals surface area contributed by atoms with E-state index >= 15 is 0 Å². The summed E-state index contributed by atoms with van der Waals surface area (Å²) in [7, 11) is 0. The number of para-hydroxylation sites is 1. The Bertz CT molecular complexity index is 981. The minimum Gasteiger partial charge on any atom is -0.310 e. The quantitative estimate of drug-likeness (QED) is 0.520. The fourth-order valence-electron chi connectivity index (χ4n) is 3.03. The normalized spacial score (nSPS) is 11.6. The van der Waals surface area contributed by atoms with Crippen molar-refractivity contribution in [3.63, 3.8) is 0 Å². The average molecular weight is 406 g/mol. The Balaban J connectivity index is 1.81. The lowest BCUT2D eigenvalue weighted by Crippen LogP contribution is -2.37. The van der Waals surface area contributed by atoms with E-state index in [-0.39, 0.29) is 17.6 Å². The van der Waals surface area contributed by atoms with Gasteiger partial charge in [-0.3, -0.25) is 4.79 Å². The standard InChI is InChI=1S/C22H23N5OS/c1-3-26-20(18-11-6-4-7-12-18)24-25-22(26)29-17(2)21(28)27(16-10-15-23)19-13-8-5-9-14-19/h4-9,11-14,17H,3,10,16H2,1-2H3. The summed E-state index contributed by atoms with van der Waals surface area (Å²) in [5, 5.41) is 18.0. The Hall–Kier alpha value is -3.11. The molecule has 2 aromatic carbocycles. The van der Waals surface area contributed by atoms with Crippen molar-refractivity contribution in [3.8, 4) is 17.5 Å². The Morgan fingerprint density at radius 3 is 2.41 bits per heavy atom. The zero-order valence-electron chi connectivity index (χ0n) is 16.5. The Kier molecular flexibility index (Phi) is 7.04. The first-order valence-electron chi connectivity index (χ1n) is 9.54. The molecule has 0 N–H and O–H groups in total. The monoisotopic (exact) mass is 405 g/mol. The van der Waals surface area contributed by atoms with Crippen LogP contribution in [0.5, 0.6) is 0 Å². The van der Waals surface area contributed by atoms with Crippen LogP contribution in [0, 0.1) is 11.3 Å². The summed E-state index contributed by atoms with van der Waals surface area (Å²) in [5.41, 5.74) is 1.79. The second-order valence-electron chi connectivity index (χ2n) is 6.41. The van der Waals surface area contributed by atoms with Crippen molar-refractivity contribution in [2.75, 3.05) is 11.4 Å². The van der Waals surface area contributed by atoms with Crippen molar-refractivity contribution in [2.24, 2.45) is 0 Å². The number of nitriles is 1. The molecule has 29 heavy (non-hydrogen) atoms. The lowest BCUT2D eigenvalue weighted by molar-refractivity contribution is -0.117. The second-order valence-corrected chi connectivity index (χ2v) is 7.72. The summed E-state index contributed by atoms with van der Waals surface area (Å²) in [4.78, 5) is 14.8. The molecule has 0 aliphatic carbocycles. The van der Waals surface area contributed by atoms with Gasteiger partial charge in [0.2, 0.25) is 5.91 Å². The zero-order valence-corrected chi connectivity index (χ0v) is 17.3. The van der Waals surface area contributed by atoms with E-state index in [4.69, 9.17) is 5.26 Å². The summed E-state index contributed by atoms with van der Waals surface area (Å²) in [6.07, 6.45) is 0.279. The van der Waals surface area contributed by atoms with Gasteiger partial charge in [0, 0.05) is 24.3 Å². The number of nitrogens with zero attached hydrogens (tertiary/aromatic N) is 5. The SMILES string of the molecule is CCn1c(SC(C)C(=O)N(CCC#N)c2ccccc2)nnc1-c1ccccc1. The largest absolute Gasteiger partial charge is 0.310 e. The third kappa shape index (κ3) is 4.84. The van der Waals surface area contributed by atoms with Crippen molar-refractivity contribution < 1.29 is 4.79 Å². The van der Waals surface area contributed by atoms with E-state index in [0.717, 1.165) is 17.1 Å². The maximum absolute atomic E-state index is 13.2. The number of anilines is 1. The maximum atomic E-state index is 13.2. The fourth-order valence-corrected chi connectivity index (χ4v) is 4.00. The molecule has 0 aliphatic heterocycles. The number of amides is 1. The van der Waals surface area contributed by atoms with Crippen LogP contribution in [0.3, 0.4) is 0 Å². The lowest BCUT2D eigenvalue weighted by atomic mass is 10.2. The smallest absolute Gasteiger partial charge is 0.240 e. The first-order valence-corrected chi connectivity index (χ1v) is 10.4. The minimum absolute atomic E-state index is 0.0524. The van der Waals surface area contributed by atoms with Gasteiger partial charge in [-0.15, -0.1) is 10.2 Å². The molecular weight excluding hydrogens is 382 g/mol. The first kappa shape index (κ1) is 20.6. The second kappa shape index (κ2) is 9.89. The molecule has 0 radical (unpaired) electrons. The van der Waals surface area contributed by atoms with E-state index in [1.165, 1.54) is 11.8 Å². The van der Waals surface area contributed by atoms with Gasteiger partial charge in [-0.05, 0) is 26.0 Å². The fraction of sp³-hybridized carbons (Fsp3) is 0.273. The Morgan fingerprint density at radius 2 is 1.79 bits per heavy atom. The summed E-state index contributed by atoms with van der Waals surface area (Å²) < 4.78 is 2.02. The van der Waals surface area contributed by atoms with E-state index < -0.39 is 0 Å². The molecule has 0 bridgehead atoms. The summed E-state index contributed by atoms with van der Waals surface area (Å²) in [5.74, 6) is 0.739. The lowest BCUT2D eigenvalue weighted by Gasteiger charge is -2.24. The number of thioether (sulfide) groups is 1. The molecule has 1 atom stereocenters. The van der Waals surface area contributed by atoms with Crippen molar-refractivity contribution in [1.29, 1.82) is 5.26 Å². The van der Waals surface area contributed by atoms with Gasteiger partial charge in [-0.25, -0.2) is 0 Å². The number of aromatic nitrogens is 3. The van der Waals surface area contributed by atoms with Crippen LogP contribution >= 0.6 is 11.8 Å². The number of benzene rings is 2. The molecule has 1 aromatic heterocycles. The van der Waals surface area contributed by atoms with E-state index in [2.05, 4.69) is 16.3 Å². The first-order chi connectivity index (χ1) is 14.2. The molecule has 0 aliphatic rings. The van der Waals surface area contributed by atoms with Crippen LogP contribution in [0.15, 0.2) is 65.8 Å². The summed E-state index contributed by atoms with van der Waals surface area (Å²) in [6.45, 7) is 4.97. The Labute approximate surface area is 175 Å². The van der Waals surface area contributed by atoms with Crippen LogP contribution in [0.2, 0.25) is 0 Å². The Morgan fingerprint density at radius 1 is 1.14 bits per heavy atom. The van der Waals surface area contributed by atoms with E-state index in [1.54, 1.807) is 4.90 Å². The third-order valence-electron chi connectivity index (χ3n) is 4.48. The molecule has 148 valence electrons. The predicted molar refractivity (Wildman–Crippen MR) is 115 cm³/mol. The number of hydrogen-bond donors (Lipinski definition) is 0.